The van der Waals surface area contributed by atoms with E-state index in [0.29, 0.717) is 24.5 Å². The van der Waals surface area contributed by atoms with Gasteiger partial charge < -0.3 is 15.0 Å². The second kappa shape index (κ2) is 7.80. The Kier molecular flexibility index (Phi) is 5.33. The summed E-state index contributed by atoms with van der Waals surface area (Å²) in [7, 11) is 0. The fraction of sp³-hybridized carbons (Fsp3) is 0.333. The number of hydrogen-bond acceptors (Lipinski definition) is 3. The number of halogens is 1. The summed E-state index contributed by atoms with van der Waals surface area (Å²) < 4.78 is 5.53. The van der Waals surface area contributed by atoms with Crippen LogP contribution < -0.4 is 5.32 Å². The molecule has 2 aromatic carbocycles. The molecule has 0 aliphatic carbocycles. The first-order chi connectivity index (χ1) is 14.2. The highest BCUT2D eigenvalue weighted by Crippen LogP contribution is 2.37. The van der Waals surface area contributed by atoms with Crippen LogP contribution in [0.2, 0.25) is 5.02 Å². The zero-order valence-electron chi connectivity index (χ0n) is 17.4. The normalized spacial score (nSPS) is 16.1. The van der Waals surface area contributed by atoms with Crippen LogP contribution in [0.15, 0.2) is 42.5 Å². The van der Waals surface area contributed by atoms with Gasteiger partial charge >= 0.3 is 6.09 Å². The van der Waals surface area contributed by atoms with E-state index in [9.17, 15) is 9.59 Å². The molecule has 0 atom stereocenters. The van der Waals surface area contributed by atoms with Crippen LogP contribution in [0.1, 0.15) is 38.3 Å². The van der Waals surface area contributed by atoms with E-state index < -0.39 is 5.60 Å². The van der Waals surface area contributed by atoms with Gasteiger partial charge in [0.05, 0.1) is 11.4 Å². The number of amides is 2. The fourth-order valence-corrected chi connectivity index (χ4v) is 4.18. The third kappa shape index (κ3) is 4.21. The van der Waals surface area contributed by atoms with Gasteiger partial charge in [-0.15, -0.1) is 0 Å². The molecule has 156 valence electrons. The molecule has 5 nitrogen and oxygen atoms in total. The summed E-state index contributed by atoms with van der Waals surface area (Å²) >= 11 is 6.83. The van der Waals surface area contributed by atoms with E-state index in [-0.39, 0.29) is 12.0 Å². The van der Waals surface area contributed by atoms with Crippen LogP contribution in [0.4, 0.5) is 10.5 Å². The average molecular weight is 425 g/mol. The lowest BCUT2D eigenvalue weighted by Gasteiger charge is -2.30. The SMILES string of the molecule is CC(C)(C)OC(=O)N1CCC=C(c2cccc(-c3ccc4c(c3)CC(=O)N4)c2Cl)C1. The van der Waals surface area contributed by atoms with Crippen molar-refractivity contribution in [1.29, 1.82) is 0 Å². The summed E-state index contributed by atoms with van der Waals surface area (Å²) in [6, 6.07) is 11.8. The first kappa shape index (κ1) is 20.5. The van der Waals surface area contributed by atoms with Crippen LogP contribution in [-0.2, 0) is 16.0 Å². The number of ether oxygens (including phenoxy) is 1. The topological polar surface area (TPSA) is 58.6 Å². The Morgan fingerprint density at radius 1 is 1.17 bits per heavy atom. The van der Waals surface area contributed by atoms with Gasteiger partial charge in [-0.1, -0.05) is 41.9 Å². The molecule has 0 fully saturated rings. The molecule has 1 N–H and O–H groups in total. The Balaban J connectivity index is 1.61. The van der Waals surface area contributed by atoms with Crippen molar-refractivity contribution in [3.05, 3.63) is 58.6 Å². The molecule has 0 aromatic heterocycles. The van der Waals surface area contributed by atoms with Crippen molar-refractivity contribution in [3.8, 4) is 11.1 Å². The van der Waals surface area contributed by atoms with Crippen LogP contribution in [0.5, 0.6) is 0 Å². The van der Waals surface area contributed by atoms with Crippen LogP contribution >= 0.6 is 11.6 Å². The number of fused-ring (bicyclic) bond motifs is 1. The quantitative estimate of drug-likeness (QED) is 0.689. The third-order valence-corrected chi connectivity index (χ3v) is 5.60. The average Bonchev–Trinajstić information content (AvgIpc) is 3.06. The van der Waals surface area contributed by atoms with Crippen LogP contribution in [0, 0.1) is 0 Å². The van der Waals surface area contributed by atoms with E-state index in [1.165, 1.54) is 0 Å². The van der Waals surface area contributed by atoms with Crippen molar-refractivity contribution in [2.75, 3.05) is 18.4 Å². The van der Waals surface area contributed by atoms with Crippen LogP contribution in [0.3, 0.4) is 0 Å². The second-order valence-electron chi connectivity index (χ2n) is 8.68. The van der Waals surface area contributed by atoms with Crippen molar-refractivity contribution in [1.82, 2.24) is 4.90 Å². The number of anilines is 1. The van der Waals surface area contributed by atoms with Crippen molar-refractivity contribution in [2.45, 2.75) is 39.2 Å². The monoisotopic (exact) mass is 424 g/mol. The molecule has 2 aliphatic rings. The molecular formula is C24H25ClN2O3. The highest BCUT2D eigenvalue weighted by Gasteiger charge is 2.26. The number of nitrogens with zero attached hydrogens (tertiary/aromatic N) is 1. The smallest absolute Gasteiger partial charge is 0.410 e. The summed E-state index contributed by atoms with van der Waals surface area (Å²) in [6.45, 7) is 6.69. The summed E-state index contributed by atoms with van der Waals surface area (Å²) in [5, 5.41) is 3.50. The molecule has 0 radical (unpaired) electrons. The number of carbonyl (C=O) groups excluding carboxylic acids is 2. The standard InChI is InChI=1S/C24H25ClN2O3/c1-24(2,3)30-23(29)27-11-5-6-16(14-27)19-8-4-7-18(22(19)25)15-9-10-20-17(12-15)13-21(28)26-20/h4,6-10,12H,5,11,13-14H2,1-3H3,(H,26,28). The minimum Gasteiger partial charge on any atom is -0.444 e. The molecule has 2 heterocycles. The molecule has 0 spiro atoms. The lowest BCUT2D eigenvalue weighted by Crippen LogP contribution is -2.39. The fourth-order valence-electron chi connectivity index (χ4n) is 3.82. The van der Waals surface area contributed by atoms with E-state index in [4.69, 9.17) is 16.3 Å². The maximum absolute atomic E-state index is 12.5. The Morgan fingerprint density at radius 3 is 2.70 bits per heavy atom. The van der Waals surface area contributed by atoms with E-state index in [1.54, 1.807) is 4.90 Å². The Labute approximate surface area is 181 Å². The van der Waals surface area contributed by atoms with Crippen molar-refractivity contribution in [2.24, 2.45) is 0 Å². The van der Waals surface area contributed by atoms with E-state index in [0.717, 1.165) is 39.9 Å². The summed E-state index contributed by atoms with van der Waals surface area (Å²) in [5.41, 5.74) is 5.11. The number of rotatable bonds is 2. The lowest BCUT2D eigenvalue weighted by atomic mass is 9.95. The first-order valence-electron chi connectivity index (χ1n) is 10.1. The van der Waals surface area contributed by atoms with E-state index in [2.05, 4.69) is 11.4 Å². The van der Waals surface area contributed by atoms with Gasteiger partial charge in [0.15, 0.2) is 0 Å². The number of hydrogen-bond donors (Lipinski definition) is 1. The molecule has 0 saturated carbocycles. The summed E-state index contributed by atoms with van der Waals surface area (Å²) in [5.74, 6) is 0.0107. The molecule has 2 aromatic rings. The Hall–Kier alpha value is -2.79. The Bertz CT molecular complexity index is 1050. The third-order valence-electron chi connectivity index (χ3n) is 5.19. The van der Waals surface area contributed by atoms with Gasteiger partial charge in [0.25, 0.3) is 0 Å². The number of carbonyl (C=O) groups is 2. The van der Waals surface area contributed by atoms with Gasteiger partial charge in [-0.2, -0.15) is 0 Å². The first-order valence-corrected chi connectivity index (χ1v) is 10.5. The predicted octanol–water partition coefficient (Wildman–Crippen LogP) is 5.53. The van der Waals surface area contributed by atoms with Gasteiger partial charge in [-0.05, 0) is 61.6 Å². The van der Waals surface area contributed by atoms with Crippen molar-refractivity contribution in [3.63, 3.8) is 0 Å². The van der Waals surface area contributed by atoms with Crippen LogP contribution in [-0.4, -0.2) is 35.6 Å². The zero-order chi connectivity index (χ0) is 21.5. The molecule has 0 saturated heterocycles. The molecule has 0 bridgehead atoms. The minimum absolute atomic E-state index is 0.0107. The molecule has 0 unspecified atom stereocenters. The maximum atomic E-state index is 12.5. The number of benzene rings is 2. The van der Waals surface area contributed by atoms with Gasteiger partial charge in [0, 0.05) is 24.3 Å². The summed E-state index contributed by atoms with van der Waals surface area (Å²) in [4.78, 5) is 25.9. The van der Waals surface area contributed by atoms with Gasteiger partial charge in [-0.25, -0.2) is 4.79 Å². The van der Waals surface area contributed by atoms with Gasteiger partial charge in [-0.3, -0.25) is 4.79 Å². The van der Waals surface area contributed by atoms with Crippen molar-refractivity contribution < 1.29 is 14.3 Å². The molecular weight excluding hydrogens is 400 g/mol. The van der Waals surface area contributed by atoms with Crippen molar-refractivity contribution >= 4 is 34.9 Å². The highest BCUT2D eigenvalue weighted by molar-refractivity contribution is 6.35. The summed E-state index contributed by atoms with van der Waals surface area (Å²) in [6.07, 6.45) is 2.96. The lowest BCUT2D eigenvalue weighted by molar-refractivity contribution is -0.115. The van der Waals surface area contributed by atoms with E-state index >= 15 is 0 Å². The molecule has 30 heavy (non-hydrogen) atoms. The minimum atomic E-state index is -0.528. The Morgan fingerprint density at radius 2 is 1.93 bits per heavy atom. The predicted molar refractivity (Wildman–Crippen MR) is 120 cm³/mol. The molecule has 6 heteroatoms. The van der Waals surface area contributed by atoms with Gasteiger partial charge in [0.1, 0.15) is 5.60 Å². The van der Waals surface area contributed by atoms with Gasteiger partial charge in [0.2, 0.25) is 5.91 Å². The zero-order valence-corrected chi connectivity index (χ0v) is 18.2. The molecule has 4 rings (SSSR count). The highest BCUT2D eigenvalue weighted by atomic mass is 35.5. The van der Waals surface area contributed by atoms with Crippen LogP contribution in [0.25, 0.3) is 16.7 Å². The maximum Gasteiger partial charge on any atom is 0.410 e. The number of nitrogens with one attached hydrogen (secondary N) is 1. The van der Waals surface area contributed by atoms with E-state index in [1.807, 2.05) is 57.2 Å². The molecule has 2 aliphatic heterocycles. The second-order valence-corrected chi connectivity index (χ2v) is 9.06. The molecule has 2 amide bonds. The largest absolute Gasteiger partial charge is 0.444 e.